The third-order valence-corrected chi connectivity index (χ3v) is 6.17. The Bertz CT molecular complexity index is 766. The van der Waals surface area contributed by atoms with Gasteiger partial charge in [-0.1, -0.05) is 35.9 Å². The number of rotatable bonds is 8. The van der Waals surface area contributed by atoms with Gasteiger partial charge in [-0.3, -0.25) is 9.89 Å². The number of aliphatic hydroxyl groups excluding tert-OH is 1. The average molecular weight is 437 g/mol. The highest BCUT2D eigenvalue weighted by Crippen LogP contribution is 2.26. The van der Waals surface area contributed by atoms with Gasteiger partial charge in [-0.05, 0) is 24.4 Å². The minimum absolute atomic E-state index is 0.225. The summed E-state index contributed by atoms with van der Waals surface area (Å²) in [4.78, 5) is 8.55. The molecule has 3 N–H and O–H groups in total. The van der Waals surface area contributed by atoms with Crippen LogP contribution in [0, 0.1) is 0 Å². The van der Waals surface area contributed by atoms with Crippen molar-refractivity contribution in [2.24, 2.45) is 4.99 Å². The van der Waals surface area contributed by atoms with Crippen molar-refractivity contribution in [3.05, 3.63) is 57.2 Å². The number of halogens is 1. The maximum Gasteiger partial charge on any atom is 0.191 e. The lowest BCUT2D eigenvalue weighted by Crippen LogP contribution is -2.42. The van der Waals surface area contributed by atoms with E-state index < -0.39 is 6.10 Å². The quantitative estimate of drug-likeness (QED) is 0.438. The van der Waals surface area contributed by atoms with Gasteiger partial charge in [0, 0.05) is 41.6 Å². The van der Waals surface area contributed by atoms with Crippen LogP contribution in [0.4, 0.5) is 0 Å². The maximum atomic E-state index is 10.5. The average Bonchev–Trinajstić information content (AvgIpc) is 3.27. The first-order chi connectivity index (χ1) is 14.2. The molecule has 0 radical (unpaired) electrons. The first kappa shape index (κ1) is 22.1. The normalized spacial score (nSPS) is 17.7. The number of benzene rings is 1. The van der Waals surface area contributed by atoms with Crippen molar-refractivity contribution in [1.29, 1.82) is 0 Å². The van der Waals surface area contributed by atoms with Crippen LogP contribution in [0.25, 0.3) is 0 Å². The summed E-state index contributed by atoms with van der Waals surface area (Å²) >= 11 is 7.95. The van der Waals surface area contributed by atoms with Gasteiger partial charge in [0.05, 0.1) is 31.9 Å². The van der Waals surface area contributed by atoms with E-state index in [4.69, 9.17) is 21.3 Å². The Hall–Kier alpha value is -1.64. The number of ether oxygens (including phenoxy) is 1. The van der Waals surface area contributed by atoms with Crippen molar-refractivity contribution in [3.63, 3.8) is 0 Å². The zero-order chi connectivity index (χ0) is 20.5. The number of morpholine rings is 1. The second-order valence-corrected chi connectivity index (χ2v) is 8.20. The third kappa shape index (κ3) is 6.42. The second kappa shape index (κ2) is 11.5. The van der Waals surface area contributed by atoms with Gasteiger partial charge in [0.15, 0.2) is 5.96 Å². The zero-order valence-corrected chi connectivity index (χ0v) is 18.3. The number of nitrogens with one attached hydrogen (secondary N) is 2. The van der Waals surface area contributed by atoms with Crippen LogP contribution in [-0.2, 0) is 4.74 Å². The predicted molar refractivity (Wildman–Crippen MR) is 120 cm³/mol. The maximum absolute atomic E-state index is 10.5. The van der Waals surface area contributed by atoms with Gasteiger partial charge in [-0.15, -0.1) is 11.3 Å². The van der Waals surface area contributed by atoms with E-state index in [0.717, 1.165) is 32.8 Å². The lowest BCUT2D eigenvalue weighted by atomic mass is 10.1. The number of aliphatic hydroxyl groups is 1. The van der Waals surface area contributed by atoms with Gasteiger partial charge >= 0.3 is 0 Å². The highest BCUT2D eigenvalue weighted by atomic mass is 35.5. The summed E-state index contributed by atoms with van der Waals surface area (Å²) in [5, 5.41) is 19.7. The van der Waals surface area contributed by atoms with Gasteiger partial charge < -0.3 is 20.5 Å². The number of hydrogen-bond acceptors (Lipinski definition) is 5. The minimum atomic E-state index is -0.708. The summed E-state index contributed by atoms with van der Waals surface area (Å²) in [6.07, 6.45) is -0.708. The van der Waals surface area contributed by atoms with Crippen molar-refractivity contribution in [1.82, 2.24) is 15.5 Å². The fraction of sp³-hybridized carbons (Fsp3) is 0.476. The van der Waals surface area contributed by atoms with Gasteiger partial charge in [0.2, 0.25) is 0 Å². The summed E-state index contributed by atoms with van der Waals surface area (Å²) in [5.74, 6) is 0.688. The molecule has 29 heavy (non-hydrogen) atoms. The van der Waals surface area contributed by atoms with E-state index in [9.17, 15) is 5.11 Å². The first-order valence-corrected chi connectivity index (χ1v) is 11.2. The number of aliphatic imine (C=N–C) groups is 1. The second-order valence-electron chi connectivity index (χ2n) is 6.82. The molecule has 0 bridgehead atoms. The van der Waals surface area contributed by atoms with E-state index in [1.54, 1.807) is 17.4 Å². The SMILES string of the molecule is CCNC(=NCC(c1cccs1)N1CCOCC1)NCC(O)c1ccccc1Cl. The van der Waals surface area contributed by atoms with Gasteiger partial charge in [0.25, 0.3) is 0 Å². The van der Waals surface area contributed by atoms with Gasteiger partial charge in [-0.25, -0.2) is 0 Å². The molecule has 0 saturated carbocycles. The topological polar surface area (TPSA) is 69.1 Å². The van der Waals surface area contributed by atoms with Crippen LogP contribution in [0.2, 0.25) is 5.02 Å². The van der Waals surface area contributed by atoms with Crippen molar-refractivity contribution in [3.8, 4) is 0 Å². The lowest BCUT2D eigenvalue weighted by Gasteiger charge is -2.33. The molecule has 1 aliphatic heterocycles. The summed E-state index contributed by atoms with van der Waals surface area (Å²) in [6.45, 7) is 7.08. The molecule has 0 aliphatic carbocycles. The van der Waals surface area contributed by atoms with Crippen molar-refractivity contribution < 1.29 is 9.84 Å². The van der Waals surface area contributed by atoms with Crippen LogP contribution < -0.4 is 10.6 Å². The van der Waals surface area contributed by atoms with Crippen molar-refractivity contribution in [2.75, 3.05) is 45.9 Å². The summed E-state index contributed by atoms with van der Waals surface area (Å²) < 4.78 is 5.51. The molecule has 2 aromatic rings. The van der Waals surface area contributed by atoms with Crippen LogP contribution in [0.3, 0.4) is 0 Å². The Morgan fingerprint density at radius 2 is 2.03 bits per heavy atom. The van der Waals surface area contributed by atoms with E-state index in [1.807, 2.05) is 25.1 Å². The molecule has 6 nitrogen and oxygen atoms in total. The molecule has 2 unspecified atom stereocenters. The number of thiophene rings is 1. The molecule has 8 heteroatoms. The minimum Gasteiger partial charge on any atom is -0.387 e. The van der Waals surface area contributed by atoms with E-state index in [0.29, 0.717) is 29.6 Å². The summed E-state index contributed by atoms with van der Waals surface area (Å²) in [6, 6.07) is 11.8. The largest absolute Gasteiger partial charge is 0.387 e. The Morgan fingerprint density at radius 1 is 1.24 bits per heavy atom. The highest BCUT2D eigenvalue weighted by molar-refractivity contribution is 7.10. The molecular weight excluding hydrogens is 408 g/mol. The monoisotopic (exact) mass is 436 g/mol. The van der Waals surface area contributed by atoms with Gasteiger partial charge in [-0.2, -0.15) is 0 Å². The Morgan fingerprint density at radius 3 is 2.72 bits per heavy atom. The molecular formula is C21H29ClN4O2S. The Kier molecular flexibility index (Phi) is 8.76. The molecule has 0 spiro atoms. The fourth-order valence-corrected chi connectivity index (χ4v) is 4.44. The standard InChI is InChI=1S/C21H29ClN4O2S/c1-2-23-21(25-15-19(27)16-6-3-4-7-17(16)22)24-14-18(20-8-5-13-29-20)26-9-11-28-12-10-26/h3-8,13,18-19,27H,2,9-12,14-15H2,1H3,(H2,23,24,25). The Balaban J connectivity index is 1.65. The van der Waals surface area contributed by atoms with E-state index in [2.05, 4.69) is 33.0 Å². The molecule has 1 aromatic heterocycles. The Labute approximate surface area is 181 Å². The molecule has 2 atom stereocenters. The molecule has 1 saturated heterocycles. The molecule has 3 rings (SSSR count). The number of nitrogens with zero attached hydrogens (tertiary/aromatic N) is 2. The fourth-order valence-electron chi connectivity index (χ4n) is 3.32. The molecule has 1 fully saturated rings. The lowest BCUT2D eigenvalue weighted by molar-refractivity contribution is 0.0186. The van der Waals surface area contributed by atoms with Crippen LogP contribution >= 0.6 is 22.9 Å². The van der Waals surface area contributed by atoms with Crippen molar-refractivity contribution in [2.45, 2.75) is 19.1 Å². The zero-order valence-electron chi connectivity index (χ0n) is 16.7. The first-order valence-electron chi connectivity index (χ1n) is 9.99. The van der Waals surface area contributed by atoms with E-state index >= 15 is 0 Å². The smallest absolute Gasteiger partial charge is 0.191 e. The number of guanidine groups is 1. The number of hydrogen-bond donors (Lipinski definition) is 3. The highest BCUT2D eigenvalue weighted by Gasteiger charge is 2.23. The molecule has 1 aromatic carbocycles. The summed E-state index contributed by atoms with van der Waals surface area (Å²) in [7, 11) is 0. The molecule has 0 amide bonds. The van der Waals surface area contributed by atoms with Crippen LogP contribution in [0.5, 0.6) is 0 Å². The van der Waals surface area contributed by atoms with Crippen molar-refractivity contribution >= 4 is 28.9 Å². The predicted octanol–water partition coefficient (Wildman–Crippen LogP) is 3.06. The van der Waals surface area contributed by atoms with Crippen LogP contribution in [0.15, 0.2) is 46.8 Å². The van der Waals surface area contributed by atoms with Crippen LogP contribution in [0.1, 0.15) is 29.5 Å². The molecule has 158 valence electrons. The molecule has 1 aliphatic rings. The van der Waals surface area contributed by atoms with E-state index in [-0.39, 0.29) is 6.04 Å². The van der Waals surface area contributed by atoms with E-state index in [1.165, 1.54) is 4.88 Å². The van der Waals surface area contributed by atoms with Crippen LogP contribution in [-0.4, -0.2) is 61.9 Å². The van der Waals surface area contributed by atoms with Gasteiger partial charge in [0.1, 0.15) is 0 Å². The third-order valence-electron chi connectivity index (χ3n) is 4.85. The molecule has 2 heterocycles. The summed E-state index contributed by atoms with van der Waals surface area (Å²) in [5.41, 5.74) is 0.710.